The van der Waals surface area contributed by atoms with Crippen LogP contribution in [0, 0.1) is 39.0 Å². The summed E-state index contributed by atoms with van der Waals surface area (Å²) in [6.45, 7) is 6.53. The van der Waals surface area contributed by atoms with E-state index in [1.807, 2.05) is 61.1 Å². The van der Waals surface area contributed by atoms with Gasteiger partial charge in [-0.1, -0.05) is 146 Å². The van der Waals surface area contributed by atoms with Crippen LogP contribution >= 0.6 is 0 Å². The van der Waals surface area contributed by atoms with Crippen LogP contribution in [0.3, 0.4) is 0 Å². The van der Waals surface area contributed by atoms with Crippen molar-refractivity contribution < 1.29 is 20.1 Å². The molecule has 3 heterocycles. The maximum absolute atomic E-state index is 5.15. The summed E-state index contributed by atoms with van der Waals surface area (Å²) < 4.78 is 0. The van der Waals surface area contributed by atoms with Crippen molar-refractivity contribution in [1.82, 2.24) is 15.0 Å². The van der Waals surface area contributed by atoms with Crippen LogP contribution < -0.4 is 0 Å². The van der Waals surface area contributed by atoms with Gasteiger partial charge in [-0.05, 0) is 140 Å². The Balaban J connectivity index is 0.00000616. The molecule has 0 unspecified atom stereocenters. The monoisotopic (exact) mass is 1150 g/mol. The molecule has 9 aromatic carbocycles. The van der Waals surface area contributed by atoms with E-state index in [0.29, 0.717) is 0 Å². The minimum absolute atomic E-state index is 0. The van der Waals surface area contributed by atoms with Crippen molar-refractivity contribution in [3.63, 3.8) is 0 Å². The molecule has 12 rings (SSSR count). The molecule has 0 saturated heterocycles. The number of aryl methyl sites for hydroxylation is 3. The second kappa shape index (κ2) is 21.9. The molecule has 0 atom stereocenters. The summed E-state index contributed by atoms with van der Waals surface area (Å²) in [6, 6.07) is 91.5. The summed E-state index contributed by atoms with van der Waals surface area (Å²) in [6.07, 6.45) is 6.07. The van der Waals surface area contributed by atoms with E-state index >= 15 is 0 Å². The van der Waals surface area contributed by atoms with E-state index in [1.54, 1.807) is 0 Å². The van der Waals surface area contributed by atoms with E-state index in [4.69, 9.17) is 15.0 Å². The second-order valence-electron chi connectivity index (χ2n) is 19.1. The van der Waals surface area contributed by atoms with Crippen LogP contribution in [0.15, 0.2) is 249 Å². The van der Waals surface area contributed by atoms with Gasteiger partial charge >= 0.3 is 20.1 Å². The molecule has 0 radical (unpaired) electrons. The van der Waals surface area contributed by atoms with E-state index in [9.17, 15) is 0 Å². The Morgan fingerprint density at radius 1 is 0.250 bits per heavy atom. The molecule has 12 aromatic rings. The molecule has 362 valence electrons. The summed E-state index contributed by atoms with van der Waals surface area (Å²) in [5.41, 5.74) is 26.9. The van der Waals surface area contributed by atoms with Gasteiger partial charge < -0.3 is 15.0 Å². The fraction of sp³-hybridized carbons (Fsp3) is 0.0417. The van der Waals surface area contributed by atoms with Gasteiger partial charge in [-0.3, -0.25) is 0 Å². The summed E-state index contributed by atoms with van der Waals surface area (Å²) in [7, 11) is 0. The quantitative estimate of drug-likeness (QED) is 0.121. The van der Waals surface area contributed by atoms with Crippen molar-refractivity contribution in [2.45, 2.75) is 20.8 Å². The third-order valence-electron chi connectivity index (χ3n) is 14.2. The van der Waals surface area contributed by atoms with Gasteiger partial charge in [0.15, 0.2) is 0 Å². The number of rotatable bonds is 11. The van der Waals surface area contributed by atoms with Gasteiger partial charge in [0, 0.05) is 35.3 Å². The van der Waals surface area contributed by atoms with Crippen LogP contribution in [0.4, 0.5) is 0 Å². The molecule has 0 fully saturated rings. The molecule has 0 N–H and O–H groups in total. The van der Waals surface area contributed by atoms with Crippen LogP contribution in [0.2, 0.25) is 0 Å². The van der Waals surface area contributed by atoms with E-state index in [-0.39, 0.29) is 20.1 Å². The molecule has 4 heteroatoms. The maximum atomic E-state index is 5.15. The Hall–Kier alpha value is -8.92. The molecule has 0 aliphatic rings. The number of hydrogen-bond donors (Lipinski definition) is 0. The molecular formula is C72H50IrN3. The van der Waals surface area contributed by atoms with Crippen LogP contribution in [0.5, 0.6) is 0 Å². The number of nitrogens with zero attached hydrogens (tertiary/aromatic N) is 3. The van der Waals surface area contributed by atoms with Crippen LogP contribution in [-0.2, 0) is 20.1 Å². The number of aromatic nitrogens is 3. The van der Waals surface area contributed by atoms with Gasteiger partial charge in [-0.25, -0.2) is 0 Å². The van der Waals surface area contributed by atoms with Gasteiger partial charge in [0.05, 0.1) is 0 Å². The van der Waals surface area contributed by atoms with E-state index in [1.165, 1.54) is 11.1 Å². The zero-order valence-electron chi connectivity index (χ0n) is 42.3. The topological polar surface area (TPSA) is 38.7 Å². The summed E-state index contributed by atoms with van der Waals surface area (Å²) >= 11 is 0. The molecule has 0 saturated carbocycles. The summed E-state index contributed by atoms with van der Waals surface area (Å²) in [5, 5.41) is 0. The Morgan fingerprint density at radius 2 is 0.592 bits per heavy atom. The molecule has 76 heavy (non-hydrogen) atoms. The van der Waals surface area contributed by atoms with Gasteiger partial charge in [-0.15, -0.1) is 107 Å². The van der Waals surface area contributed by atoms with Crippen LogP contribution in [0.1, 0.15) is 16.7 Å². The average molecular weight is 1150 g/mol. The largest absolute Gasteiger partial charge is 3.00 e. The van der Waals surface area contributed by atoms with E-state index in [0.717, 1.165) is 128 Å². The van der Waals surface area contributed by atoms with Crippen molar-refractivity contribution in [2.75, 3.05) is 0 Å². The zero-order chi connectivity index (χ0) is 50.7. The Morgan fingerprint density at radius 3 is 0.987 bits per heavy atom. The van der Waals surface area contributed by atoms with Gasteiger partial charge in [0.25, 0.3) is 0 Å². The van der Waals surface area contributed by atoms with Gasteiger partial charge in [0.2, 0.25) is 0 Å². The predicted octanol–water partition coefficient (Wildman–Crippen LogP) is 18.5. The Kier molecular flexibility index (Phi) is 14.2. The van der Waals surface area contributed by atoms with Crippen molar-refractivity contribution in [3.8, 4) is 123 Å². The zero-order valence-corrected chi connectivity index (χ0v) is 44.7. The first kappa shape index (κ1) is 49.3. The number of benzene rings is 9. The molecule has 3 aromatic heterocycles. The van der Waals surface area contributed by atoms with Crippen molar-refractivity contribution in [2.24, 2.45) is 0 Å². The summed E-state index contributed by atoms with van der Waals surface area (Å²) in [4.78, 5) is 15.1. The molecule has 0 amide bonds. The minimum Gasteiger partial charge on any atom is -0.304 e. The minimum atomic E-state index is 0. The van der Waals surface area contributed by atoms with Gasteiger partial charge in [0.1, 0.15) is 0 Å². The van der Waals surface area contributed by atoms with Gasteiger partial charge in [-0.2, -0.15) is 0 Å². The van der Waals surface area contributed by atoms with Crippen LogP contribution in [-0.4, -0.2) is 15.0 Å². The number of hydrogen-bond acceptors (Lipinski definition) is 3. The second-order valence-corrected chi connectivity index (χ2v) is 19.1. The third-order valence-corrected chi connectivity index (χ3v) is 14.2. The third kappa shape index (κ3) is 10.0. The summed E-state index contributed by atoms with van der Waals surface area (Å²) in [5.74, 6) is 0. The van der Waals surface area contributed by atoms with Crippen molar-refractivity contribution in [1.29, 1.82) is 0 Å². The van der Waals surface area contributed by atoms with E-state index in [2.05, 4.69) is 227 Å². The fourth-order valence-corrected chi connectivity index (χ4v) is 10.3. The first-order valence-corrected chi connectivity index (χ1v) is 25.4. The Bertz CT molecular complexity index is 3870. The predicted molar refractivity (Wildman–Crippen MR) is 310 cm³/mol. The van der Waals surface area contributed by atoms with Crippen LogP contribution in [0.25, 0.3) is 123 Å². The standard InChI is InChI=1S/C72H50N3.Ir/c1-48-38-70(54-22-9-5-10-23-54)73-45-67(48)64-31-16-13-28-61(64)58-42-59(62-29-14-17-32-65(62)68-46-74-71(39-49(68)2)55-24-11-6-12-25-55)44-60(43-58)63-30-15-18-33-66(63)69-47-75-72(40-50(69)3)57-27-19-26-56(41-57)53-36-34-52(35-37-53)51-20-7-4-8-21-51;/h4-22,24,26,28-47H,1-3H3;/q-3;+3. The smallest absolute Gasteiger partial charge is 0.304 e. The van der Waals surface area contributed by atoms with Crippen molar-refractivity contribution >= 4 is 0 Å². The first-order chi connectivity index (χ1) is 36.9. The Labute approximate surface area is 459 Å². The number of pyridine rings is 3. The first-order valence-electron chi connectivity index (χ1n) is 25.4. The molecule has 0 aliphatic heterocycles. The average Bonchev–Trinajstić information content (AvgIpc) is 3.48. The maximum Gasteiger partial charge on any atom is 3.00 e. The SMILES string of the molecule is Cc1cc(-c2[c-]cccc2)ncc1-c1ccccc1-c1cc(-c2ccccc2-c2cnc(-c3[c-]cccc3)cc2C)cc(-c2ccccc2-c2cnc(-c3[c-]ccc(-c4ccc(-c5ccccc5)cc4)c3)cc2C)c1.[Ir+3]. The molecule has 0 spiro atoms. The van der Waals surface area contributed by atoms with Crippen molar-refractivity contribution in [3.05, 3.63) is 284 Å². The molecule has 3 nitrogen and oxygen atoms in total. The normalized spacial score (nSPS) is 11.0. The molecular weight excluding hydrogens is 1100 g/mol. The van der Waals surface area contributed by atoms with E-state index < -0.39 is 0 Å². The fourth-order valence-electron chi connectivity index (χ4n) is 10.3. The molecule has 0 aliphatic carbocycles. The molecule has 0 bridgehead atoms.